The van der Waals surface area contributed by atoms with Crippen LogP contribution in [0.2, 0.25) is 5.02 Å². The number of nitrogens with one attached hydrogen (secondary N) is 1. The molecule has 0 amide bonds. The van der Waals surface area contributed by atoms with Crippen molar-refractivity contribution in [3.8, 4) is 0 Å². The predicted octanol–water partition coefficient (Wildman–Crippen LogP) is 4.24. The normalized spacial score (nSPS) is 25.6. The zero-order valence-corrected chi connectivity index (χ0v) is 13.7. The van der Waals surface area contributed by atoms with Gasteiger partial charge in [-0.25, -0.2) is 0 Å². The average Bonchev–Trinajstić information content (AvgIpc) is 2.44. The van der Waals surface area contributed by atoms with Gasteiger partial charge >= 0.3 is 0 Å². The van der Waals surface area contributed by atoms with E-state index in [9.17, 15) is 0 Å². The largest absolute Gasteiger partial charge is 0.381 e. The Balaban J connectivity index is 1.69. The maximum absolute atomic E-state index is 6.26. The van der Waals surface area contributed by atoms with Gasteiger partial charge in [-0.2, -0.15) is 0 Å². The second kappa shape index (κ2) is 6.22. The van der Waals surface area contributed by atoms with Crippen molar-refractivity contribution < 1.29 is 9.47 Å². The molecule has 3 rings (SSSR count). The molecule has 0 aromatic heterocycles. The first-order valence-electron chi connectivity index (χ1n) is 7.10. The predicted molar refractivity (Wildman–Crippen MR) is 84.5 cm³/mol. The highest BCUT2D eigenvalue weighted by Crippen LogP contribution is 2.36. The summed E-state index contributed by atoms with van der Waals surface area (Å²) in [5, 5.41) is 4.34. The lowest BCUT2D eigenvalue weighted by molar-refractivity contribution is -0.135. The summed E-state index contributed by atoms with van der Waals surface area (Å²) in [6.07, 6.45) is 4.04. The van der Waals surface area contributed by atoms with Crippen LogP contribution >= 0.6 is 27.5 Å². The van der Waals surface area contributed by atoms with Gasteiger partial charge in [-0.1, -0.05) is 27.5 Å². The summed E-state index contributed by atoms with van der Waals surface area (Å²) in [7, 11) is 0. The maximum Gasteiger partial charge on any atom is 0.0745 e. The molecule has 20 heavy (non-hydrogen) atoms. The summed E-state index contributed by atoms with van der Waals surface area (Å²) in [6.45, 7) is 2.43. The standard InChI is InChI=1S/C15H19BrClNO2/c16-11-1-2-13(17)14(9-11)18-12-3-6-20-15(10-12)4-7-19-8-5-15/h1-2,9,12,18H,3-8,10H2. The van der Waals surface area contributed by atoms with Gasteiger partial charge in [-0.05, 0) is 43.9 Å². The molecule has 1 unspecified atom stereocenters. The smallest absolute Gasteiger partial charge is 0.0745 e. The number of halogens is 2. The Kier molecular flexibility index (Phi) is 4.55. The minimum absolute atomic E-state index is 0.00660. The third-order valence-corrected chi connectivity index (χ3v) is 5.01. The van der Waals surface area contributed by atoms with Gasteiger partial charge in [0.15, 0.2) is 0 Å². The first kappa shape index (κ1) is 14.6. The van der Waals surface area contributed by atoms with Crippen LogP contribution in [0.15, 0.2) is 22.7 Å². The number of rotatable bonds is 2. The van der Waals surface area contributed by atoms with Gasteiger partial charge in [0.05, 0.1) is 16.3 Å². The molecule has 0 saturated carbocycles. The van der Waals surface area contributed by atoms with Crippen LogP contribution in [-0.2, 0) is 9.47 Å². The lowest BCUT2D eigenvalue weighted by Gasteiger charge is -2.43. The highest BCUT2D eigenvalue weighted by Gasteiger charge is 2.39. The molecular formula is C15H19BrClNO2. The van der Waals surface area contributed by atoms with Gasteiger partial charge in [0.1, 0.15) is 0 Å². The molecule has 1 aromatic rings. The van der Waals surface area contributed by atoms with E-state index < -0.39 is 0 Å². The van der Waals surface area contributed by atoms with Crippen molar-refractivity contribution in [3.05, 3.63) is 27.7 Å². The summed E-state index contributed by atoms with van der Waals surface area (Å²) < 4.78 is 12.6. The fourth-order valence-electron chi connectivity index (χ4n) is 3.07. The Morgan fingerprint density at radius 2 is 2.05 bits per heavy atom. The van der Waals surface area contributed by atoms with E-state index in [-0.39, 0.29) is 5.60 Å². The zero-order chi connectivity index (χ0) is 14.0. The van der Waals surface area contributed by atoms with Crippen molar-refractivity contribution in [1.82, 2.24) is 0 Å². The highest BCUT2D eigenvalue weighted by molar-refractivity contribution is 9.10. The zero-order valence-electron chi connectivity index (χ0n) is 11.3. The molecule has 3 nitrogen and oxygen atoms in total. The van der Waals surface area contributed by atoms with Crippen LogP contribution in [0, 0.1) is 0 Å². The van der Waals surface area contributed by atoms with Gasteiger partial charge in [-0.15, -0.1) is 0 Å². The summed E-state index contributed by atoms with van der Waals surface area (Å²) >= 11 is 9.75. The molecule has 0 radical (unpaired) electrons. The van der Waals surface area contributed by atoms with Crippen molar-refractivity contribution in [3.63, 3.8) is 0 Å². The Labute approximate surface area is 133 Å². The summed E-state index contributed by atoms with van der Waals surface area (Å²) in [4.78, 5) is 0. The SMILES string of the molecule is Clc1ccc(Br)cc1NC1CCOC2(CCOCC2)C1. The molecule has 1 spiro atoms. The average molecular weight is 361 g/mol. The fourth-order valence-corrected chi connectivity index (χ4v) is 3.60. The van der Waals surface area contributed by atoms with Crippen LogP contribution in [-0.4, -0.2) is 31.5 Å². The third kappa shape index (κ3) is 3.30. The second-order valence-electron chi connectivity index (χ2n) is 5.60. The first-order chi connectivity index (χ1) is 9.67. The van der Waals surface area contributed by atoms with Crippen molar-refractivity contribution in [2.24, 2.45) is 0 Å². The Morgan fingerprint density at radius 3 is 2.85 bits per heavy atom. The van der Waals surface area contributed by atoms with E-state index in [4.69, 9.17) is 21.1 Å². The molecule has 0 bridgehead atoms. The van der Waals surface area contributed by atoms with Crippen LogP contribution in [0.3, 0.4) is 0 Å². The topological polar surface area (TPSA) is 30.5 Å². The minimum Gasteiger partial charge on any atom is -0.381 e. The highest BCUT2D eigenvalue weighted by atomic mass is 79.9. The van der Waals surface area contributed by atoms with Crippen LogP contribution in [0.5, 0.6) is 0 Å². The van der Waals surface area contributed by atoms with Gasteiger partial charge in [-0.3, -0.25) is 0 Å². The number of anilines is 1. The second-order valence-corrected chi connectivity index (χ2v) is 6.92. The molecule has 5 heteroatoms. The van der Waals surface area contributed by atoms with Gasteiger partial charge in [0.25, 0.3) is 0 Å². The van der Waals surface area contributed by atoms with E-state index >= 15 is 0 Å². The van der Waals surface area contributed by atoms with Crippen molar-refractivity contribution in [2.75, 3.05) is 25.1 Å². The molecule has 2 fully saturated rings. The van der Waals surface area contributed by atoms with E-state index in [1.165, 1.54) is 0 Å². The number of hydrogen-bond donors (Lipinski definition) is 1. The van der Waals surface area contributed by atoms with E-state index in [0.29, 0.717) is 6.04 Å². The van der Waals surface area contributed by atoms with E-state index in [2.05, 4.69) is 21.2 Å². The molecule has 2 aliphatic heterocycles. The summed E-state index contributed by atoms with van der Waals surface area (Å²) in [6, 6.07) is 6.32. The molecule has 2 heterocycles. The van der Waals surface area contributed by atoms with E-state index in [1.807, 2.05) is 18.2 Å². The monoisotopic (exact) mass is 359 g/mol. The van der Waals surface area contributed by atoms with Gasteiger partial charge in [0.2, 0.25) is 0 Å². The molecule has 1 N–H and O–H groups in total. The maximum atomic E-state index is 6.26. The van der Waals surface area contributed by atoms with Crippen LogP contribution in [0.1, 0.15) is 25.7 Å². The molecule has 0 aliphatic carbocycles. The van der Waals surface area contributed by atoms with Crippen molar-refractivity contribution in [1.29, 1.82) is 0 Å². The molecule has 1 aromatic carbocycles. The van der Waals surface area contributed by atoms with Gasteiger partial charge < -0.3 is 14.8 Å². The first-order valence-corrected chi connectivity index (χ1v) is 8.27. The van der Waals surface area contributed by atoms with Crippen molar-refractivity contribution in [2.45, 2.75) is 37.3 Å². The molecule has 2 aliphatic rings. The lowest BCUT2D eigenvalue weighted by atomic mass is 9.84. The Hall–Kier alpha value is -0.290. The summed E-state index contributed by atoms with van der Waals surface area (Å²) in [5.74, 6) is 0. The minimum atomic E-state index is 0.00660. The quantitative estimate of drug-likeness (QED) is 0.855. The van der Waals surface area contributed by atoms with Crippen molar-refractivity contribution >= 4 is 33.2 Å². The molecule has 1 atom stereocenters. The molecular weight excluding hydrogens is 342 g/mol. The van der Waals surface area contributed by atoms with Crippen LogP contribution in [0.4, 0.5) is 5.69 Å². The Morgan fingerprint density at radius 1 is 1.25 bits per heavy atom. The number of ether oxygens (including phenoxy) is 2. The fraction of sp³-hybridized carbons (Fsp3) is 0.600. The number of benzene rings is 1. The Bertz CT molecular complexity index is 471. The van der Waals surface area contributed by atoms with Gasteiger partial charge in [0, 0.05) is 30.3 Å². The van der Waals surface area contributed by atoms with Crippen LogP contribution in [0.25, 0.3) is 0 Å². The van der Waals surface area contributed by atoms with Crippen LogP contribution < -0.4 is 5.32 Å². The number of hydrogen-bond acceptors (Lipinski definition) is 3. The third-order valence-electron chi connectivity index (χ3n) is 4.19. The molecule has 2 saturated heterocycles. The summed E-state index contributed by atoms with van der Waals surface area (Å²) in [5.41, 5.74) is 1.00. The van der Waals surface area contributed by atoms with E-state index in [1.54, 1.807) is 0 Å². The van der Waals surface area contributed by atoms with E-state index in [0.717, 1.165) is 60.7 Å². The molecule has 110 valence electrons. The lowest BCUT2D eigenvalue weighted by Crippen LogP contribution is -2.47.